The van der Waals surface area contributed by atoms with E-state index in [-0.39, 0.29) is 25.3 Å². The molecule has 2 atom stereocenters. The van der Waals surface area contributed by atoms with Crippen LogP contribution in [0.15, 0.2) is 53.4 Å². The van der Waals surface area contributed by atoms with Gasteiger partial charge in [-0.1, -0.05) is 11.6 Å². The highest BCUT2D eigenvalue weighted by atomic mass is 35.5. The van der Waals surface area contributed by atoms with Gasteiger partial charge >= 0.3 is 0 Å². The van der Waals surface area contributed by atoms with E-state index in [1.807, 2.05) is 4.90 Å². The zero-order valence-corrected chi connectivity index (χ0v) is 20.3. The van der Waals surface area contributed by atoms with Crippen LogP contribution in [0.5, 0.6) is 5.88 Å². The van der Waals surface area contributed by atoms with Crippen molar-refractivity contribution in [1.29, 1.82) is 0 Å². The Hall–Kier alpha value is -3.28. The van der Waals surface area contributed by atoms with Crippen molar-refractivity contribution in [3.8, 4) is 5.88 Å². The molecule has 35 heavy (non-hydrogen) atoms. The van der Waals surface area contributed by atoms with Crippen molar-refractivity contribution in [2.24, 2.45) is 0 Å². The van der Waals surface area contributed by atoms with Gasteiger partial charge in [-0.15, -0.1) is 10.2 Å². The van der Waals surface area contributed by atoms with Crippen LogP contribution in [-0.2, 0) is 22.2 Å². The number of nitrogens with zero attached hydrogens (tertiary/aromatic N) is 4. The highest BCUT2D eigenvalue weighted by molar-refractivity contribution is 7.86. The van der Waals surface area contributed by atoms with Gasteiger partial charge in [-0.2, -0.15) is 0 Å². The summed E-state index contributed by atoms with van der Waals surface area (Å²) >= 11 is 6.14. The maximum atomic E-state index is 13.8. The van der Waals surface area contributed by atoms with E-state index >= 15 is 0 Å². The molecule has 2 aliphatic heterocycles. The number of amides is 1. The van der Waals surface area contributed by atoms with E-state index in [4.69, 9.17) is 16.3 Å². The quantitative estimate of drug-likeness (QED) is 0.529. The summed E-state index contributed by atoms with van der Waals surface area (Å²) in [4.78, 5) is 17.5. The Morgan fingerprint density at radius 2 is 1.91 bits per heavy atom. The molecule has 0 radical (unpaired) electrons. The molecular weight excluding hydrogens is 497 g/mol. The normalized spacial score (nSPS) is 17.7. The van der Waals surface area contributed by atoms with Crippen molar-refractivity contribution in [1.82, 2.24) is 10.2 Å². The van der Waals surface area contributed by atoms with Crippen LogP contribution in [0, 0.1) is 5.82 Å². The lowest BCUT2D eigenvalue weighted by Gasteiger charge is -2.26. The molecule has 1 saturated heterocycles. The summed E-state index contributed by atoms with van der Waals surface area (Å²) in [5, 5.41) is 7.89. The van der Waals surface area contributed by atoms with Crippen molar-refractivity contribution >= 4 is 45.7 Å². The van der Waals surface area contributed by atoms with Gasteiger partial charge in [-0.05, 0) is 60.9 Å². The fourth-order valence-corrected chi connectivity index (χ4v) is 5.42. The molecule has 12 heteroatoms. The van der Waals surface area contributed by atoms with E-state index in [1.165, 1.54) is 13.2 Å². The van der Waals surface area contributed by atoms with Gasteiger partial charge in [-0.3, -0.25) is 9.52 Å². The maximum Gasteiger partial charge on any atom is 0.249 e. The van der Waals surface area contributed by atoms with Crippen molar-refractivity contribution in [3.05, 3.63) is 64.9 Å². The molecule has 3 heterocycles. The van der Waals surface area contributed by atoms with Crippen LogP contribution in [0.4, 0.5) is 21.6 Å². The fourth-order valence-electron chi connectivity index (χ4n) is 4.36. The molecule has 1 aromatic heterocycles. The Balaban J connectivity index is 0.00000160. The number of carbonyl (C=O) groups excluding carboxylic acids is 1. The van der Waals surface area contributed by atoms with Gasteiger partial charge in [0.25, 0.3) is 0 Å². The SMILES string of the molecule is COc1ccc(NS(=O)c2ccc(N3CC[C@H](N4CCc5c4ccc(F)c5Cl)C3=O)cc2)nn1.O.[HH].[HH]. The molecule has 0 saturated carbocycles. The maximum absolute atomic E-state index is 13.8. The minimum absolute atomic E-state index is 0. The number of rotatable bonds is 6. The molecular formula is C23H27ClFN5O4S. The average Bonchev–Trinajstić information content (AvgIpc) is 3.45. The van der Waals surface area contributed by atoms with E-state index in [0.29, 0.717) is 42.5 Å². The number of hydrogen-bond donors (Lipinski definition) is 1. The van der Waals surface area contributed by atoms with E-state index in [9.17, 15) is 13.4 Å². The van der Waals surface area contributed by atoms with Gasteiger partial charge in [0.1, 0.15) is 11.9 Å². The van der Waals surface area contributed by atoms with Crippen LogP contribution in [0.2, 0.25) is 5.02 Å². The molecule has 0 spiro atoms. The topological polar surface area (TPSA) is 119 Å². The lowest BCUT2D eigenvalue weighted by molar-refractivity contribution is -0.118. The molecule has 1 fully saturated rings. The number of aromatic nitrogens is 2. The number of hydrogen-bond acceptors (Lipinski definition) is 6. The standard InChI is InChI=1S/C23H21ClFN5O3S.H2O.2H2/c1-33-21-9-8-20(26-27-21)28-34(32)15-4-2-14(3-5-15)29-13-11-19(23(29)31)30-12-10-16-18(30)7-6-17(25)22(16)24;;;/h2-9,19H,10-13H2,1H3,(H,26,28);1H2;2*1H/t19-,34?;;;/m0.../s1. The zero-order valence-electron chi connectivity index (χ0n) is 18.7. The highest BCUT2D eigenvalue weighted by Crippen LogP contribution is 2.38. The molecule has 2 aliphatic rings. The van der Waals surface area contributed by atoms with Crippen LogP contribution in [0.3, 0.4) is 0 Å². The van der Waals surface area contributed by atoms with Gasteiger partial charge in [0, 0.05) is 33.4 Å². The van der Waals surface area contributed by atoms with Crippen molar-refractivity contribution < 1.29 is 26.5 Å². The van der Waals surface area contributed by atoms with Crippen LogP contribution >= 0.6 is 11.6 Å². The van der Waals surface area contributed by atoms with Gasteiger partial charge in [0.2, 0.25) is 11.8 Å². The summed E-state index contributed by atoms with van der Waals surface area (Å²) in [6, 6.07) is 12.9. The van der Waals surface area contributed by atoms with Crippen molar-refractivity contribution in [3.63, 3.8) is 0 Å². The first-order chi connectivity index (χ1) is 16.5. The number of anilines is 3. The van der Waals surface area contributed by atoms with E-state index in [0.717, 1.165) is 16.9 Å². The van der Waals surface area contributed by atoms with Gasteiger partial charge in [0.15, 0.2) is 16.8 Å². The number of carbonyl (C=O) groups is 1. The summed E-state index contributed by atoms with van der Waals surface area (Å²) in [6.07, 6.45) is 1.26. The Morgan fingerprint density at radius 1 is 1.14 bits per heavy atom. The summed E-state index contributed by atoms with van der Waals surface area (Å²) in [5.74, 6) is 0.259. The highest BCUT2D eigenvalue weighted by Gasteiger charge is 2.39. The molecule has 3 aromatic rings. The number of methoxy groups -OCH3 is 1. The molecule has 188 valence electrons. The Morgan fingerprint density at radius 3 is 2.60 bits per heavy atom. The largest absolute Gasteiger partial charge is 0.480 e. The van der Waals surface area contributed by atoms with Crippen LogP contribution in [0.25, 0.3) is 0 Å². The number of benzene rings is 2. The third kappa shape index (κ3) is 4.66. The summed E-state index contributed by atoms with van der Waals surface area (Å²) in [7, 11) is -0.0566. The Labute approximate surface area is 211 Å². The van der Waals surface area contributed by atoms with Crippen LogP contribution < -0.4 is 19.3 Å². The first-order valence-corrected chi connectivity index (χ1v) is 12.2. The van der Waals surface area contributed by atoms with Gasteiger partial charge in [0.05, 0.1) is 17.0 Å². The lowest BCUT2D eigenvalue weighted by atomic mass is 10.1. The Kier molecular flexibility index (Phi) is 7.20. The molecule has 1 amide bonds. The van der Waals surface area contributed by atoms with E-state index < -0.39 is 16.8 Å². The fraction of sp³-hybridized carbons (Fsp3) is 0.261. The minimum atomic E-state index is -1.55. The first-order valence-electron chi connectivity index (χ1n) is 10.7. The van der Waals surface area contributed by atoms with Gasteiger partial charge < -0.3 is 20.0 Å². The van der Waals surface area contributed by atoms with Crippen LogP contribution in [0.1, 0.15) is 14.8 Å². The molecule has 0 bridgehead atoms. The predicted octanol–water partition coefficient (Wildman–Crippen LogP) is 3.25. The monoisotopic (exact) mass is 523 g/mol. The first kappa shape index (κ1) is 24.8. The van der Waals surface area contributed by atoms with E-state index in [1.54, 1.807) is 47.4 Å². The molecule has 5 rings (SSSR count). The van der Waals surface area contributed by atoms with Crippen molar-refractivity contribution in [2.75, 3.05) is 34.7 Å². The number of halogens is 2. The summed E-state index contributed by atoms with van der Waals surface area (Å²) < 4.78 is 34.2. The second-order valence-corrected chi connectivity index (χ2v) is 9.51. The zero-order chi connectivity index (χ0) is 23.8. The average molecular weight is 524 g/mol. The summed E-state index contributed by atoms with van der Waals surface area (Å²) in [6.45, 7) is 1.19. The number of ether oxygens (including phenoxy) is 1. The molecule has 0 aliphatic carbocycles. The minimum Gasteiger partial charge on any atom is -0.480 e. The van der Waals surface area contributed by atoms with E-state index in [2.05, 4.69) is 14.9 Å². The molecule has 3 N–H and O–H groups in total. The van der Waals surface area contributed by atoms with Crippen LogP contribution in [-0.4, -0.2) is 52.0 Å². The second kappa shape index (κ2) is 10.1. The molecule has 1 unspecified atom stereocenters. The lowest BCUT2D eigenvalue weighted by Crippen LogP contribution is -2.41. The molecule has 9 nitrogen and oxygen atoms in total. The summed E-state index contributed by atoms with van der Waals surface area (Å²) in [5.41, 5.74) is 2.31. The van der Waals surface area contributed by atoms with Gasteiger partial charge in [-0.25, -0.2) is 8.60 Å². The number of nitrogens with one attached hydrogen (secondary N) is 1. The predicted molar refractivity (Wildman–Crippen MR) is 136 cm³/mol. The third-order valence-corrected chi connectivity index (χ3v) is 7.55. The third-order valence-electron chi connectivity index (χ3n) is 6.05. The Bertz CT molecular complexity index is 1270. The second-order valence-electron chi connectivity index (χ2n) is 7.92. The number of fused-ring (bicyclic) bond motifs is 1. The van der Waals surface area contributed by atoms with Crippen molar-refractivity contribution in [2.45, 2.75) is 23.8 Å². The smallest absolute Gasteiger partial charge is 0.249 e. The molecule has 2 aromatic carbocycles.